The largest absolute Gasteiger partial charge is 0.427 e. The molecule has 2 bridgehead atoms. The summed E-state index contributed by atoms with van der Waals surface area (Å²) in [6.07, 6.45) is 5.98. The van der Waals surface area contributed by atoms with Gasteiger partial charge in [0.05, 0.1) is 0 Å². The first-order chi connectivity index (χ1) is 14.1. The minimum atomic E-state index is -0.493. The predicted molar refractivity (Wildman–Crippen MR) is 113 cm³/mol. The van der Waals surface area contributed by atoms with Gasteiger partial charge in [0, 0.05) is 25.6 Å². The van der Waals surface area contributed by atoms with Gasteiger partial charge in [-0.15, -0.1) is 0 Å². The van der Waals surface area contributed by atoms with Crippen LogP contribution in [0.5, 0.6) is 0 Å². The summed E-state index contributed by atoms with van der Waals surface area (Å²) in [6.45, 7) is 4.21. The number of hydrogen-bond donors (Lipinski definition) is 1. The number of aryl methyl sites for hydroxylation is 3. The van der Waals surface area contributed by atoms with E-state index in [1.54, 1.807) is 0 Å². The maximum absolute atomic E-state index is 13.2. The molecular weight excluding hydrogens is 364 g/mol. The Bertz CT molecular complexity index is 892. The van der Waals surface area contributed by atoms with E-state index in [1.165, 1.54) is 12.0 Å². The number of likely N-dealkylation sites (tertiary alicyclic amines) is 1. The molecule has 0 aliphatic carbocycles. The van der Waals surface area contributed by atoms with Crippen LogP contribution in [0.4, 0.5) is 0 Å². The summed E-state index contributed by atoms with van der Waals surface area (Å²) in [6, 6.07) is 12.5. The number of nitrogens with zero attached hydrogens (tertiary/aromatic N) is 1. The quantitative estimate of drug-likeness (QED) is 0.845. The number of amides is 1. The third-order valence-electron chi connectivity index (χ3n) is 6.21. The van der Waals surface area contributed by atoms with E-state index in [0.717, 1.165) is 44.3 Å². The van der Waals surface area contributed by atoms with Crippen molar-refractivity contribution < 1.29 is 9.21 Å². The van der Waals surface area contributed by atoms with Crippen molar-refractivity contribution in [2.24, 2.45) is 5.92 Å². The highest BCUT2D eigenvalue weighted by molar-refractivity contribution is 5.95. The molecule has 2 aromatic rings. The molecule has 0 saturated carbocycles. The fourth-order valence-corrected chi connectivity index (χ4v) is 4.64. The number of benzene rings is 1. The first kappa shape index (κ1) is 19.9. The van der Waals surface area contributed by atoms with Crippen molar-refractivity contribution >= 4 is 5.91 Å². The molecule has 0 unspecified atom stereocenters. The Hall–Kier alpha value is -2.40. The summed E-state index contributed by atoms with van der Waals surface area (Å²) >= 11 is 0. The maximum Gasteiger partial charge on any atom is 0.349 e. The van der Waals surface area contributed by atoms with Crippen molar-refractivity contribution in [3.05, 3.63) is 69.3 Å². The first-order valence-corrected chi connectivity index (χ1v) is 10.8. The molecule has 1 aromatic heterocycles. The van der Waals surface area contributed by atoms with Crippen LogP contribution < -0.4 is 10.9 Å². The molecule has 0 radical (unpaired) electrons. The number of nitrogens with one attached hydrogen (secondary N) is 1. The molecule has 154 valence electrons. The molecule has 1 aromatic carbocycles. The zero-order valence-electron chi connectivity index (χ0n) is 17.2. The Morgan fingerprint density at radius 3 is 2.79 bits per heavy atom. The first-order valence-electron chi connectivity index (χ1n) is 10.8. The zero-order valence-corrected chi connectivity index (χ0v) is 17.2. The number of carbonyl (C=O) groups excluding carboxylic acids is 1. The van der Waals surface area contributed by atoms with Crippen LogP contribution in [0.15, 0.2) is 45.6 Å². The van der Waals surface area contributed by atoms with Crippen molar-refractivity contribution in [1.29, 1.82) is 0 Å². The van der Waals surface area contributed by atoms with Gasteiger partial charge in [-0.2, -0.15) is 0 Å². The second-order valence-corrected chi connectivity index (χ2v) is 8.51. The second-order valence-electron chi connectivity index (χ2n) is 8.51. The van der Waals surface area contributed by atoms with E-state index in [2.05, 4.69) is 17.4 Å². The monoisotopic (exact) mass is 394 g/mol. The van der Waals surface area contributed by atoms with Crippen LogP contribution in [0, 0.1) is 12.8 Å². The zero-order chi connectivity index (χ0) is 20.2. The van der Waals surface area contributed by atoms with E-state index in [4.69, 9.17) is 4.42 Å². The summed E-state index contributed by atoms with van der Waals surface area (Å²) in [7, 11) is 0. The molecule has 2 saturated heterocycles. The van der Waals surface area contributed by atoms with Crippen LogP contribution in [0.1, 0.15) is 52.9 Å². The lowest BCUT2D eigenvalue weighted by molar-refractivity contribution is 0.0714. The van der Waals surface area contributed by atoms with E-state index in [9.17, 15) is 9.59 Å². The van der Waals surface area contributed by atoms with Crippen molar-refractivity contribution in [2.75, 3.05) is 19.6 Å². The topological polar surface area (TPSA) is 62.6 Å². The summed E-state index contributed by atoms with van der Waals surface area (Å²) in [4.78, 5) is 27.7. The number of fused-ring (bicyclic) bond motifs is 3. The minimum absolute atomic E-state index is 0.173. The van der Waals surface area contributed by atoms with Crippen LogP contribution in [0.25, 0.3) is 0 Å². The van der Waals surface area contributed by atoms with Crippen LogP contribution in [0.3, 0.4) is 0 Å². The van der Waals surface area contributed by atoms with Gasteiger partial charge in [-0.25, -0.2) is 4.79 Å². The van der Waals surface area contributed by atoms with Crippen LogP contribution in [-0.4, -0.2) is 36.5 Å². The highest BCUT2D eigenvalue weighted by Gasteiger charge is 2.31. The Balaban J connectivity index is 1.45. The molecule has 1 amide bonds. The Morgan fingerprint density at radius 2 is 2.00 bits per heavy atom. The lowest BCUT2D eigenvalue weighted by atomic mass is 9.99. The molecule has 2 aliphatic heterocycles. The van der Waals surface area contributed by atoms with Crippen LogP contribution in [-0.2, 0) is 12.8 Å². The van der Waals surface area contributed by atoms with Crippen LogP contribution >= 0.6 is 0 Å². The average molecular weight is 395 g/mol. The van der Waals surface area contributed by atoms with Crippen molar-refractivity contribution in [3.63, 3.8) is 0 Å². The number of carbonyl (C=O) groups is 1. The van der Waals surface area contributed by atoms with Crippen molar-refractivity contribution in [1.82, 2.24) is 10.2 Å². The lowest BCUT2D eigenvalue weighted by Gasteiger charge is -2.28. The van der Waals surface area contributed by atoms with Gasteiger partial charge in [-0.1, -0.05) is 36.8 Å². The molecule has 4 rings (SSSR count). The Kier molecular flexibility index (Phi) is 6.14. The second kappa shape index (κ2) is 8.95. The summed E-state index contributed by atoms with van der Waals surface area (Å²) in [5.74, 6) is 0.957. The maximum atomic E-state index is 13.2. The molecule has 29 heavy (non-hydrogen) atoms. The molecule has 1 N–H and O–H groups in total. The molecule has 3 heterocycles. The molecular formula is C24H30N2O3. The van der Waals surface area contributed by atoms with E-state index in [1.807, 2.05) is 36.1 Å². The summed E-state index contributed by atoms with van der Waals surface area (Å²) in [5, 5.41) is 3.56. The van der Waals surface area contributed by atoms with E-state index in [-0.39, 0.29) is 11.5 Å². The smallest absolute Gasteiger partial charge is 0.349 e. The third-order valence-corrected chi connectivity index (χ3v) is 6.21. The Morgan fingerprint density at radius 1 is 1.17 bits per heavy atom. The standard InChI is InChI=1S/C24H30N2O3/c1-17-13-21(12-6-9-18-7-3-2-4-8-18)29-24(28)22(17)23(27)26-15-19-10-5-11-20(16-26)25-14-19/h2-4,7-8,13,19-20,25H,5-6,9-12,14-16H2,1H3/t19-,20-/m0/s1. The van der Waals surface area contributed by atoms with Gasteiger partial charge in [0.1, 0.15) is 11.3 Å². The lowest BCUT2D eigenvalue weighted by Crippen LogP contribution is -2.43. The molecule has 2 aliphatic rings. The van der Waals surface area contributed by atoms with Gasteiger partial charge in [0.25, 0.3) is 5.91 Å². The number of rotatable bonds is 5. The summed E-state index contributed by atoms with van der Waals surface area (Å²) < 4.78 is 5.55. The molecule has 5 nitrogen and oxygen atoms in total. The SMILES string of the molecule is Cc1cc(CCCc2ccccc2)oc(=O)c1C(=O)N1C[C@H]2CCC[C@@H](C1)NC2. The van der Waals surface area contributed by atoms with Crippen molar-refractivity contribution in [2.45, 2.75) is 51.5 Å². The predicted octanol–water partition coefficient (Wildman–Crippen LogP) is 3.34. The fourth-order valence-electron chi connectivity index (χ4n) is 4.64. The Labute approximate surface area is 172 Å². The highest BCUT2D eigenvalue weighted by atomic mass is 16.4. The summed E-state index contributed by atoms with van der Waals surface area (Å²) in [5.41, 5.74) is 1.71. The van der Waals surface area contributed by atoms with Gasteiger partial charge in [0.15, 0.2) is 0 Å². The van der Waals surface area contributed by atoms with Gasteiger partial charge in [0.2, 0.25) is 0 Å². The molecule has 2 fully saturated rings. The van der Waals surface area contributed by atoms with Gasteiger partial charge >= 0.3 is 5.63 Å². The van der Waals surface area contributed by atoms with Gasteiger partial charge < -0.3 is 14.6 Å². The molecule has 2 atom stereocenters. The fraction of sp³-hybridized carbons (Fsp3) is 0.500. The van der Waals surface area contributed by atoms with E-state index < -0.39 is 5.63 Å². The third kappa shape index (κ3) is 4.78. The van der Waals surface area contributed by atoms with Crippen LogP contribution in [0.2, 0.25) is 0 Å². The van der Waals surface area contributed by atoms with Gasteiger partial charge in [-0.3, -0.25) is 4.79 Å². The van der Waals surface area contributed by atoms with E-state index >= 15 is 0 Å². The van der Waals surface area contributed by atoms with Gasteiger partial charge in [-0.05, 0) is 62.3 Å². The van der Waals surface area contributed by atoms with E-state index in [0.29, 0.717) is 30.7 Å². The molecule has 0 spiro atoms. The number of hydrogen-bond acceptors (Lipinski definition) is 4. The van der Waals surface area contributed by atoms with Crippen molar-refractivity contribution in [3.8, 4) is 0 Å². The normalized spacial score (nSPS) is 21.6. The minimum Gasteiger partial charge on any atom is -0.427 e. The average Bonchev–Trinajstić information content (AvgIpc) is 3.03. The molecule has 5 heteroatoms. The highest BCUT2D eigenvalue weighted by Crippen LogP contribution is 2.22.